The highest BCUT2D eigenvalue weighted by Gasteiger charge is 2.04. The second-order valence-corrected chi connectivity index (χ2v) is 4.37. The molecular formula is C18H17N. The molecule has 0 unspecified atom stereocenters. The fraction of sp³-hybridized carbons (Fsp3) is 0.0556. The van der Waals surface area contributed by atoms with Crippen molar-refractivity contribution in [2.24, 2.45) is 0 Å². The van der Waals surface area contributed by atoms with Crippen LogP contribution in [0.15, 0.2) is 74.0 Å². The Kier molecular flexibility index (Phi) is 4.09. The van der Waals surface area contributed by atoms with Gasteiger partial charge in [0.25, 0.3) is 0 Å². The minimum atomic E-state index is 0.891. The van der Waals surface area contributed by atoms with Gasteiger partial charge >= 0.3 is 0 Å². The van der Waals surface area contributed by atoms with E-state index in [1.165, 1.54) is 11.1 Å². The molecule has 0 N–H and O–H groups in total. The first kappa shape index (κ1) is 13.0. The van der Waals surface area contributed by atoms with Crippen molar-refractivity contribution >= 4 is 5.57 Å². The number of rotatable bonds is 4. The Bertz CT molecular complexity index is 621. The van der Waals surface area contributed by atoms with Crippen LogP contribution in [0.1, 0.15) is 11.3 Å². The number of nitrogens with zero attached hydrogens (tertiary/aromatic N) is 1. The van der Waals surface area contributed by atoms with Crippen molar-refractivity contribution in [3.63, 3.8) is 0 Å². The highest BCUT2D eigenvalue weighted by Crippen LogP contribution is 2.24. The largest absolute Gasteiger partial charge is 0.256 e. The molecule has 1 nitrogen and oxygen atoms in total. The van der Waals surface area contributed by atoms with E-state index in [4.69, 9.17) is 0 Å². The van der Waals surface area contributed by atoms with Crippen LogP contribution >= 0.6 is 0 Å². The Labute approximate surface area is 114 Å². The number of pyridine rings is 1. The molecule has 0 amide bonds. The van der Waals surface area contributed by atoms with Crippen molar-refractivity contribution in [1.29, 1.82) is 0 Å². The summed E-state index contributed by atoms with van der Waals surface area (Å²) in [7, 11) is 0. The molecule has 0 bridgehead atoms. The summed E-state index contributed by atoms with van der Waals surface area (Å²) in [6.45, 7) is 9.75. The molecule has 1 heterocycles. The van der Waals surface area contributed by atoms with E-state index in [2.05, 4.69) is 43.3 Å². The van der Waals surface area contributed by atoms with Crippen LogP contribution in [0.5, 0.6) is 0 Å². The predicted octanol–water partition coefficient (Wildman–Crippen LogP) is 4.81. The highest BCUT2D eigenvalue weighted by atomic mass is 14.7. The lowest BCUT2D eigenvalue weighted by Crippen LogP contribution is -1.91. The molecule has 2 rings (SSSR count). The van der Waals surface area contributed by atoms with Crippen LogP contribution in [0.2, 0.25) is 0 Å². The first-order valence-corrected chi connectivity index (χ1v) is 6.23. The quantitative estimate of drug-likeness (QED) is 0.706. The zero-order valence-corrected chi connectivity index (χ0v) is 11.1. The van der Waals surface area contributed by atoms with Gasteiger partial charge in [-0.15, -0.1) is 0 Å². The number of benzene rings is 1. The fourth-order valence-electron chi connectivity index (χ4n) is 1.92. The molecule has 0 radical (unpaired) electrons. The molecular weight excluding hydrogens is 230 g/mol. The van der Waals surface area contributed by atoms with Gasteiger partial charge in [0.2, 0.25) is 0 Å². The molecule has 0 saturated carbocycles. The topological polar surface area (TPSA) is 12.9 Å². The van der Waals surface area contributed by atoms with Crippen molar-refractivity contribution in [3.8, 4) is 11.1 Å². The summed E-state index contributed by atoms with van der Waals surface area (Å²) in [4.78, 5) is 4.48. The van der Waals surface area contributed by atoms with Gasteiger partial charge in [-0.1, -0.05) is 61.7 Å². The molecule has 94 valence electrons. The highest BCUT2D eigenvalue weighted by molar-refractivity contribution is 5.73. The lowest BCUT2D eigenvalue weighted by Gasteiger charge is -2.08. The minimum absolute atomic E-state index is 0.891. The van der Waals surface area contributed by atoms with Crippen LogP contribution in [0.4, 0.5) is 0 Å². The molecule has 0 aliphatic rings. The zero-order chi connectivity index (χ0) is 13.7. The molecule has 0 fully saturated rings. The van der Waals surface area contributed by atoms with Crippen molar-refractivity contribution in [3.05, 3.63) is 85.2 Å². The van der Waals surface area contributed by atoms with Gasteiger partial charge in [-0.2, -0.15) is 0 Å². The van der Waals surface area contributed by atoms with E-state index in [0.717, 1.165) is 16.8 Å². The summed E-state index contributed by atoms with van der Waals surface area (Å²) in [5.41, 5.74) is 5.33. The van der Waals surface area contributed by atoms with Gasteiger partial charge in [-0.25, -0.2) is 0 Å². The predicted molar refractivity (Wildman–Crippen MR) is 82.8 cm³/mol. The maximum absolute atomic E-state index is 4.48. The molecule has 0 aliphatic heterocycles. The molecule has 1 aromatic carbocycles. The Morgan fingerprint density at radius 3 is 2.58 bits per heavy atom. The average Bonchev–Trinajstić information content (AvgIpc) is 2.45. The van der Waals surface area contributed by atoms with E-state index in [0.29, 0.717) is 0 Å². The average molecular weight is 247 g/mol. The first-order valence-electron chi connectivity index (χ1n) is 6.23. The number of hydrogen-bond donors (Lipinski definition) is 0. The van der Waals surface area contributed by atoms with Crippen LogP contribution in [0, 0.1) is 6.92 Å². The van der Waals surface area contributed by atoms with E-state index in [1.807, 2.05) is 36.5 Å². The molecule has 1 aromatic heterocycles. The lowest BCUT2D eigenvalue weighted by molar-refractivity contribution is 1.25. The summed E-state index contributed by atoms with van der Waals surface area (Å²) in [6.07, 6.45) is 7.42. The Hall–Kier alpha value is -2.41. The molecule has 0 spiro atoms. The van der Waals surface area contributed by atoms with E-state index < -0.39 is 0 Å². The van der Waals surface area contributed by atoms with Gasteiger partial charge in [0.15, 0.2) is 0 Å². The third-order valence-corrected chi connectivity index (χ3v) is 2.96. The van der Waals surface area contributed by atoms with Gasteiger partial charge in [-0.3, -0.25) is 4.98 Å². The number of allylic oxidation sites excluding steroid dienone is 4. The van der Waals surface area contributed by atoms with Gasteiger partial charge in [0, 0.05) is 11.8 Å². The van der Waals surface area contributed by atoms with E-state index in [1.54, 1.807) is 6.08 Å². The van der Waals surface area contributed by atoms with E-state index in [9.17, 15) is 0 Å². The molecule has 0 atom stereocenters. The van der Waals surface area contributed by atoms with Gasteiger partial charge in [-0.05, 0) is 29.7 Å². The monoisotopic (exact) mass is 247 g/mol. The van der Waals surface area contributed by atoms with Crippen LogP contribution in [-0.4, -0.2) is 4.98 Å². The van der Waals surface area contributed by atoms with Gasteiger partial charge < -0.3 is 0 Å². The summed E-state index contributed by atoms with van der Waals surface area (Å²) >= 11 is 0. The SMILES string of the molecule is C=CC=CC(=C)c1cc(C)c(-c2ccccc2)cn1. The summed E-state index contributed by atoms with van der Waals surface area (Å²) in [5.74, 6) is 0. The summed E-state index contributed by atoms with van der Waals surface area (Å²) in [5, 5.41) is 0. The zero-order valence-electron chi connectivity index (χ0n) is 11.1. The Balaban J connectivity index is 2.35. The number of aryl methyl sites for hydroxylation is 1. The minimum Gasteiger partial charge on any atom is -0.256 e. The third-order valence-electron chi connectivity index (χ3n) is 2.96. The first-order chi connectivity index (χ1) is 9.22. The summed E-state index contributed by atoms with van der Waals surface area (Å²) in [6, 6.07) is 12.3. The normalized spacial score (nSPS) is 10.6. The van der Waals surface area contributed by atoms with Crippen LogP contribution in [0.3, 0.4) is 0 Å². The van der Waals surface area contributed by atoms with Crippen LogP contribution in [0.25, 0.3) is 16.7 Å². The fourth-order valence-corrected chi connectivity index (χ4v) is 1.92. The molecule has 19 heavy (non-hydrogen) atoms. The van der Waals surface area contributed by atoms with Crippen molar-refractivity contribution in [1.82, 2.24) is 4.98 Å². The van der Waals surface area contributed by atoms with Crippen LogP contribution in [-0.2, 0) is 0 Å². The van der Waals surface area contributed by atoms with Crippen molar-refractivity contribution < 1.29 is 0 Å². The molecule has 0 aliphatic carbocycles. The molecule has 1 heteroatoms. The second kappa shape index (κ2) is 5.96. The molecule has 0 saturated heterocycles. The van der Waals surface area contributed by atoms with Crippen molar-refractivity contribution in [2.45, 2.75) is 6.92 Å². The van der Waals surface area contributed by atoms with E-state index in [-0.39, 0.29) is 0 Å². The van der Waals surface area contributed by atoms with Crippen LogP contribution < -0.4 is 0 Å². The Morgan fingerprint density at radius 2 is 1.95 bits per heavy atom. The lowest BCUT2D eigenvalue weighted by atomic mass is 10.0. The van der Waals surface area contributed by atoms with E-state index >= 15 is 0 Å². The van der Waals surface area contributed by atoms with Gasteiger partial charge in [0.1, 0.15) is 0 Å². The second-order valence-electron chi connectivity index (χ2n) is 4.37. The maximum atomic E-state index is 4.48. The standard InChI is InChI=1S/C18H17N/c1-4-5-9-14(2)18-12-15(3)17(13-19-18)16-10-7-6-8-11-16/h4-13H,1-2H2,3H3. The smallest absolute Gasteiger partial charge is 0.0699 e. The van der Waals surface area contributed by atoms with Gasteiger partial charge in [0.05, 0.1) is 5.69 Å². The number of hydrogen-bond acceptors (Lipinski definition) is 1. The molecule has 2 aromatic rings. The van der Waals surface area contributed by atoms with Crippen molar-refractivity contribution in [2.75, 3.05) is 0 Å². The Morgan fingerprint density at radius 1 is 1.21 bits per heavy atom. The summed E-state index contributed by atoms with van der Waals surface area (Å²) < 4.78 is 0. The maximum Gasteiger partial charge on any atom is 0.0699 e. The number of aromatic nitrogens is 1. The third kappa shape index (κ3) is 3.08.